The quantitative estimate of drug-likeness (QED) is 0.227. The number of hydrogen-bond acceptors (Lipinski definition) is 3. The van der Waals surface area contributed by atoms with Crippen molar-refractivity contribution in [3.05, 3.63) is 106 Å². The molecule has 4 aromatic rings. The summed E-state index contributed by atoms with van der Waals surface area (Å²) < 4.78 is 29.9. The fraction of sp³-hybridized carbons (Fsp3) is 0.107. The van der Waals surface area contributed by atoms with Crippen molar-refractivity contribution in [2.45, 2.75) is 24.7 Å². The Morgan fingerprint density at radius 1 is 0.857 bits per heavy atom. The molecule has 177 valence electrons. The molecule has 0 aliphatic rings. The number of hydrogen-bond donors (Lipinski definition) is 1. The molecule has 0 fully saturated rings. The van der Waals surface area contributed by atoms with Gasteiger partial charge >= 0.3 is 0 Å². The molecule has 4 aromatic carbocycles. The SMILES string of the molecule is CCCc1ccc(S(=O)(=O)Nc2c(C([NH])=O)cc(I)cc2-c2ccc(-c3ccccc3)cc2)cc1. The van der Waals surface area contributed by atoms with Crippen LogP contribution in [0.5, 0.6) is 0 Å². The predicted molar refractivity (Wildman–Crippen MR) is 149 cm³/mol. The lowest BCUT2D eigenvalue weighted by Crippen LogP contribution is -2.17. The van der Waals surface area contributed by atoms with E-state index in [1.807, 2.05) is 60.7 Å². The molecule has 4 rings (SSSR count). The fourth-order valence-electron chi connectivity index (χ4n) is 3.91. The maximum absolute atomic E-state index is 13.3. The largest absolute Gasteiger partial charge is 0.278 e. The first-order valence-electron chi connectivity index (χ1n) is 11.2. The molecular formula is C28H24IN2O3S. The van der Waals surface area contributed by atoms with Crippen molar-refractivity contribution in [2.24, 2.45) is 0 Å². The summed E-state index contributed by atoms with van der Waals surface area (Å²) in [5.41, 5.74) is 12.3. The van der Waals surface area contributed by atoms with E-state index in [0.717, 1.165) is 38.7 Å². The molecule has 0 aliphatic heterocycles. The van der Waals surface area contributed by atoms with Crippen LogP contribution in [0.1, 0.15) is 29.3 Å². The van der Waals surface area contributed by atoms with Crippen LogP contribution in [0.15, 0.2) is 95.9 Å². The van der Waals surface area contributed by atoms with Gasteiger partial charge in [0.2, 0.25) is 0 Å². The van der Waals surface area contributed by atoms with E-state index < -0.39 is 15.9 Å². The second-order valence-electron chi connectivity index (χ2n) is 8.15. The van der Waals surface area contributed by atoms with Crippen molar-refractivity contribution < 1.29 is 13.2 Å². The van der Waals surface area contributed by atoms with E-state index in [2.05, 4.69) is 34.2 Å². The molecule has 2 N–H and O–H groups in total. The molecular weight excluding hydrogens is 571 g/mol. The first kappa shape index (κ1) is 24.9. The second-order valence-corrected chi connectivity index (χ2v) is 11.1. The number of nitrogens with one attached hydrogen (secondary N) is 2. The molecule has 0 bridgehead atoms. The highest BCUT2D eigenvalue weighted by Gasteiger charge is 2.22. The van der Waals surface area contributed by atoms with Gasteiger partial charge in [-0.15, -0.1) is 0 Å². The van der Waals surface area contributed by atoms with Crippen molar-refractivity contribution in [1.29, 1.82) is 0 Å². The molecule has 0 saturated carbocycles. The first-order valence-corrected chi connectivity index (χ1v) is 13.7. The number of sulfonamides is 1. The van der Waals surface area contributed by atoms with Crippen LogP contribution in [0.4, 0.5) is 5.69 Å². The average Bonchev–Trinajstić information content (AvgIpc) is 2.86. The van der Waals surface area contributed by atoms with E-state index in [9.17, 15) is 13.2 Å². The maximum atomic E-state index is 13.3. The van der Waals surface area contributed by atoms with Crippen LogP contribution >= 0.6 is 22.6 Å². The van der Waals surface area contributed by atoms with Crippen molar-refractivity contribution in [3.8, 4) is 22.3 Å². The molecule has 7 heteroatoms. The van der Waals surface area contributed by atoms with E-state index in [4.69, 9.17) is 5.73 Å². The molecule has 0 atom stereocenters. The summed E-state index contributed by atoms with van der Waals surface area (Å²) in [7, 11) is -3.98. The minimum atomic E-state index is -3.98. The smallest absolute Gasteiger partial charge is 0.271 e. The average molecular weight is 595 g/mol. The zero-order valence-electron chi connectivity index (χ0n) is 19.1. The van der Waals surface area contributed by atoms with Gasteiger partial charge in [-0.05, 0) is 75.5 Å². The van der Waals surface area contributed by atoms with Gasteiger partial charge in [-0.1, -0.05) is 80.1 Å². The van der Waals surface area contributed by atoms with Gasteiger partial charge in [0, 0.05) is 9.13 Å². The third-order valence-electron chi connectivity index (χ3n) is 5.66. The molecule has 0 aliphatic carbocycles. The Morgan fingerprint density at radius 3 is 2.06 bits per heavy atom. The lowest BCUT2D eigenvalue weighted by Gasteiger charge is -2.17. The number of carbonyl (C=O) groups excluding carboxylic acids is 1. The van der Waals surface area contributed by atoms with Gasteiger partial charge in [-0.2, -0.15) is 0 Å². The van der Waals surface area contributed by atoms with Gasteiger partial charge in [-0.3, -0.25) is 15.3 Å². The summed E-state index contributed by atoms with van der Waals surface area (Å²) in [6.45, 7) is 2.07. The first-order chi connectivity index (χ1) is 16.8. The molecule has 0 spiro atoms. The summed E-state index contributed by atoms with van der Waals surface area (Å²) in [6.07, 6.45) is 1.83. The number of carbonyl (C=O) groups is 1. The summed E-state index contributed by atoms with van der Waals surface area (Å²) in [5, 5.41) is 0. The third kappa shape index (κ3) is 5.74. The Labute approximate surface area is 219 Å². The van der Waals surface area contributed by atoms with E-state index >= 15 is 0 Å². The van der Waals surface area contributed by atoms with Crippen LogP contribution in [-0.2, 0) is 16.4 Å². The topological polar surface area (TPSA) is 87.0 Å². The van der Waals surface area contributed by atoms with Crippen LogP contribution < -0.4 is 10.5 Å². The molecule has 35 heavy (non-hydrogen) atoms. The molecule has 0 saturated heterocycles. The van der Waals surface area contributed by atoms with Gasteiger partial charge < -0.3 is 0 Å². The molecule has 0 heterocycles. The minimum Gasteiger partial charge on any atom is -0.278 e. The predicted octanol–water partition coefficient (Wildman–Crippen LogP) is 6.80. The Bertz CT molecular complexity index is 1450. The zero-order valence-corrected chi connectivity index (χ0v) is 22.1. The summed E-state index contributed by atoms with van der Waals surface area (Å²) in [6, 6.07) is 27.7. The normalized spacial score (nSPS) is 11.3. The van der Waals surface area contributed by atoms with Crippen LogP contribution in [-0.4, -0.2) is 14.3 Å². The Hall–Kier alpha value is -3.17. The molecule has 1 radical (unpaired) electrons. The number of benzene rings is 4. The Balaban J connectivity index is 1.77. The zero-order chi connectivity index (χ0) is 25.0. The van der Waals surface area contributed by atoms with Crippen LogP contribution in [0, 0.1) is 3.57 Å². The number of anilines is 1. The van der Waals surface area contributed by atoms with Crippen molar-refractivity contribution in [3.63, 3.8) is 0 Å². The molecule has 5 nitrogen and oxygen atoms in total. The van der Waals surface area contributed by atoms with Crippen LogP contribution in [0.3, 0.4) is 0 Å². The van der Waals surface area contributed by atoms with Crippen LogP contribution in [0.25, 0.3) is 22.3 Å². The van der Waals surface area contributed by atoms with Crippen molar-refractivity contribution in [2.75, 3.05) is 4.72 Å². The third-order valence-corrected chi connectivity index (χ3v) is 7.65. The summed E-state index contributed by atoms with van der Waals surface area (Å²) in [5.74, 6) is -0.957. The van der Waals surface area contributed by atoms with Gasteiger partial charge in [0.25, 0.3) is 15.9 Å². The highest BCUT2D eigenvalue weighted by atomic mass is 127. The highest BCUT2D eigenvalue weighted by molar-refractivity contribution is 14.1. The van der Waals surface area contributed by atoms with Gasteiger partial charge in [0.1, 0.15) is 0 Å². The van der Waals surface area contributed by atoms with Crippen molar-refractivity contribution >= 4 is 44.2 Å². The van der Waals surface area contributed by atoms with E-state index in [0.29, 0.717) is 5.56 Å². The van der Waals surface area contributed by atoms with Gasteiger partial charge in [-0.25, -0.2) is 8.42 Å². The molecule has 1 amide bonds. The summed E-state index contributed by atoms with van der Waals surface area (Å²) >= 11 is 2.07. The Morgan fingerprint density at radius 2 is 1.46 bits per heavy atom. The lowest BCUT2D eigenvalue weighted by molar-refractivity contribution is 0.0993. The highest BCUT2D eigenvalue weighted by Crippen LogP contribution is 2.36. The molecule has 0 unspecified atom stereocenters. The number of amides is 1. The van der Waals surface area contributed by atoms with Gasteiger partial charge in [0.05, 0.1) is 16.1 Å². The van der Waals surface area contributed by atoms with Crippen LogP contribution in [0.2, 0.25) is 0 Å². The standard InChI is InChI=1S/C28H24IN2O3S/c1-2-6-19-9-15-24(16-10-19)35(33,34)31-27-25(17-23(29)18-26(27)28(30)32)22-13-11-21(12-14-22)20-7-4-3-5-8-20/h3-5,7-18,30-31H,2,6H2,1H3. The van der Waals surface area contributed by atoms with E-state index in [1.54, 1.807) is 24.3 Å². The van der Waals surface area contributed by atoms with Gasteiger partial charge in [0.15, 0.2) is 0 Å². The van der Waals surface area contributed by atoms with Crippen molar-refractivity contribution in [1.82, 2.24) is 5.73 Å². The maximum Gasteiger partial charge on any atom is 0.271 e. The molecule has 0 aromatic heterocycles. The summed E-state index contributed by atoms with van der Waals surface area (Å²) in [4.78, 5) is 12.3. The number of rotatable bonds is 8. The van der Waals surface area contributed by atoms with E-state index in [1.165, 1.54) is 6.07 Å². The minimum absolute atomic E-state index is 0.00483. The monoisotopic (exact) mass is 595 g/mol. The Kier molecular flexibility index (Phi) is 7.57. The number of aryl methyl sites for hydroxylation is 1. The second kappa shape index (κ2) is 10.6. The fourth-order valence-corrected chi connectivity index (χ4v) is 5.64. The van der Waals surface area contributed by atoms with E-state index in [-0.39, 0.29) is 16.1 Å². The lowest BCUT2D eigenvalue weighted by atomic mass is 9.97. The number of halogens is 1.